The summed E-state index contributed by atoms with van der Waals surface area (Å²) in [6, 6.07) is 0.280. The predicted octanol–water partition coefficient (Wildman–Crippen LogP) is 2.12. The molecule has 1 aliphatic heterocycles. The van der Waals surface area contributed by atoms with Crippen LogP contribution in [-0.2, 0) is 14.3 Å². The Kier molecular flexibility index (Phi) is 3.57. The van der Waals surface area contributed by atoms with Crippen molar-refractivity contribution in [3.05, 3.63) is 0 Å². The van der Waals surface area contributed by atoms with Crippen LogP contribution in [0.5, 0.6) is 0 Å². The van der Waals surface area contributed by atoms with E-state index in [0.29, 0.717) is 18.6 Å². The first-order valence-corrected chi connectivity index (χ1v) is 7.93. The third-order valence-electron chi connectivity index (χ3n) is 5.96. The van der Waals surface area contributed by atoms with Crippen molar-refractivity contribution in [2.75, 3.05) is 20.3 Å². The summed E-state index contributed by atoms with van der Waals surface area (Å²) in [6.07, 6.45) is 5.47. The van der Waals surface area contributed by atoms with Crippen molar-refractivity contribution < 1.29 is 14.3 Å². The summed E-state index contributed by atoms with van der Waals surface area (Å²) in [4.78, 5) is 12.7. The Morgan fingerprint density at radius 3 is 2.75 bits per heavy atom. The van der Waals surface area contributed by atoms with Crippen LogP contribution in [0.1, 0.15) is 46.0 Å². The molecule has 4 heteroatoms. The monoisotopic (exact) mass is 281 g/mol. The number of carbonyl (C=O) groups excluding carboxylic acids is 1. The second kappa shape index (κ2) is 4.99. The van der Waals surface area contributed by atoms with E-state index in [2.05, 4.69) is 19.2 Å². The van der Waals surface area contributed by atoms with Gasteiger partial charge in [-0.2, -0.15) is 0 Å². The molecule has 20 heavy (non-hydrogen) atoms. The zero-order valence-electron chi connectivity index (χ0n) is 12.9. The van der Waals surface area contributed by atoms with Crippen LogP contribution in [0.4, 0.5) is 0 Å². The number of rotatable bonds is 5. The predicted molar refractivity (Wildman–Crippen MR) is 76.3 cm³/mol. The lowest BCUT2D eigenvalue weighted by molar-refractivity contribution is -0.151. The van der Waals surface area contributed by atoms with Gasteiger partial charge in [-0.05, 0) is 25.7 Å². The van der Waals surface area contributed by atoms with Crippen molar-refractivity contribution in [3.63, 3.8) is 0 Å². The molecule has 0 aromatic heterocycles. The first kappa shape index (κ1) is 14.3. The fraction of sp³-hybridized carbons (Fsp3) is 0.938. The van der Waals surface area contributed by atoms with Crippen molar-refractivity contribution in [2.45, 2.75) is 58.1 Å². The standard InChI is InChI=1S/C16H27NO3/c1-15(2)12(11-5-9-20-13(11)15)17-14(18)16(6-4-7-16)8-10-19-3/h11-13H,4-10H2,1-3H3,(H,17,18). The van der Waals surface area contributed by atoms with Gasteiger partial charge in [-0.3, -0.25) is 4.79 Å². The highest BCUT2D eigenvalue weighted by Gasteiger charge is 2.60. The molecular weight excluding hydrogens is 254 g/mol. The Labute approximate surface area is 121 Å². The summed E-state index contributed by atoms with van der Waals surface area (Å²) in [7, 11) is 1.71. The fourth-order valence-corrected chi connectivity index (χ4v) is 4.40. The topological polar surface area (TPSA) is 47.6 Å². The number of hydrogen-bond donors (Lipinski definition) is 1. The average molecular weight is 281 g/mol. The molecule has 0 spiro atoms. The van der Waals surface area contributed by atoms with Crippen molar-refractivity contribution in [2.24, 2.45) is 16.7 Å². The van der Waals surface area contributed by atoms with Crippen LogP contribution in [0, 0.1) is 16.7 Å². The summed E-state index contributed by atoms with van der Waals surface area (Å²) in [5.41, 5.74) is -0.0837. The minimum atomic E-state index is -0.156. The summed E-state index contributed by atoms with van der Waals surface area (Å²) in [5, 5.41) is 3.36. The van der Waals surface area contributed by atoms with Gasteiger partial charge in [-0.25, -0.2) is 0 Å². The highest BCUT2D eigenvalue weighted by atomic mass is 16.5. The van der Waals surface area contributed by atoms with Gasteiger partial charge < -0.3 is 14.8 Å². The molecule has 2 aliphatic carbocycles. The van der Waals surface area contributed by atoms with Crippen LogP contribution in [0.25, 0.3) is 0 Å². The molecule has 3 atom stereocenters. The molecule has 3 unspecified atom stereocenters. The zero-order valence-corrected chi connectivity index (χ0v) is 12.9. The van der Waals surface area contributed by atoms with Gasteiger partial charge in [0.05, 0.1) is 11.5 Å². The van der Waals surface area contributed by atoms with Crippen molar-refractivity contribution in [1.82, 2.24) is 5.32 Å². The largest absolute Gasteiger partial charge is 0.385 e. The Balaban J connectivity index is 1.64. The molecule has 1 heterocycles. The lowest BCUT2D eigenvalue weighted by Gasteiger charge is -2.55. The molecule has 1 saturated heterocycles. The molecule has 3 fully saturated rings. The van der Waals surface area contributed by atoms with Crippen LogP contribution < -0.4 is 5.32 Å². The zero-order chi connectivity index (χ0) is 14.4. The second-order valence-corrected chi connectivity index (χ2v) is 7.39. The highest BCUT2D eigenvalue weighted by Crippen LogP contribution is 2.53. The van der Waals surface area contributed by atoms with E-state index in [1.165, 1.54) is 6.42 Å². The van der Waals surface area contributed by atoms with Gasteiger partial charge in [0.1, 0.15) is 0 Å². The van der Waals surface area contributed by atoms with Crippen LogP contribution >= 0.6 is 0 Å². The molecule has 2 saturated carbocycles. The Morgan fingerprint density at radius 2 is 2.15 bits per heavy atom. The minimum Gasteiger partial charge on any atom is -0.385 e. The lowest BCUT2D eigenvalue weighted by Crippen LogP contribution is -2.68. The van der Waals surface area contributed by atoms with Gasteiger partial charge in [-0.15, -0.1) is 0 Å². The minimum absolute atomic E-state index is 0.0724. The molecule has 0 aromatic carbocycles. The quantitative estimate of drug-likeness (QED) is 0.839. The van der Waals surface area contributed by atoms with Crippen LogP contribution in [0.2, 0.25) is 0 Å². The maximum Gasteiger partial charge on any atom is 0.226 e. The third kappa shape index (κ3) is 2.00. The van der Waals surface area contributed by atoms with E-state index in [0.717, 1.165) is 32.3 Å². The van der Waals surface area contributed by atoms with E-state index in [1.807, 2.05) is 0 Å². The maximum atomic E-state index is 12.7. The summed E-state index contributed by atoms with van der Waals surface area (Å²) < 4.78 is 11.0. The van der Waals surface area contributed by atoms with E-state index in [-0.39, 0.29) is 22.8 Å². The van der Waals surface area contributed by atoms with Gasteiger partial charge in [0.15, 0.2) is 0 Å². The first-order valence-electron chi connectivity index (χ1n) is 7.93. The SMILES string of the molecule is COCCC1(C(=O)NC2C3CCOC3C2(C)C)CCC1. The molecule has 3 aliphatic rings. The van der Waals surface area contributed by atoms with Gasteiger partial charge in [-0.1, -0.05) is 20.3 Å². The number of nitrogens with one attached hydrogen (secondary N) is 1. The van der Waals surface area contributed by atoms with E-state index < -0.39 is 0 Å². The molecule has 3 rings (SSSR count). The Hall–Kier alpha value is -0.610. The van der Waals surface area contributed by atoms with E-state index >= 15 is 0 Å². The summed E-state index contributed by atoms with van der Waals surface area (Å²) in [5.74, 6) is 0.776. The van der Waals surface area contributed by atoms with Crippen LogP contribution in [0.15, 0.2) is 0 Å². The molecule has 1 N–H and O–H groups in total. The van der Waals surface area contributed by atoms with Gasteiger partial charge in [0.25, 0.3) is 0 Å². The van der Waals surface area contributed by atoms with Gasteiger partial charge in [0, 0.05) is 37.7 Å². The lowest BCUT2D eigenvalue weighted by atomic mass is 9.56. The van der Waals surface area contributed by atoms with Crippen LogP contribution in [0.3, 0.4) is 0 Å². The average Bonchev–Trinajstić information content (AvgIpc) is 2.81. The van der Waals surface area contributed by atoms with E-state index in [4.69, 9.17) is 9.47 Å². The molecule has 0 radical (unpaired) electrons. The van der Waals surface area contributed by atoms with Crippen molar-refractivity contribution in [3.8, 4) is 0 Å². The Bertz CT molecular complexity index is 389. The summed E-state index contributed by atoms with van der Waals surface area (Å²) >= 11 is 0. The number of methoxy groups -OCH3 is 1. The molecule has 1 amide bonds. The molecule has 0 aromatic rings. The van der Waals surface area contributed by atoms with E-state index in [1.54, 1.807) is 7.11 Å². The highest BCUT2D eigenvalue weighted by molar-refractivity contribution is 5.84. The molecule has 0 bridgehead atoms. The Morgan fingerprint density at radius 1 is 1.40 bits per heavy atom. The number of hydrogen-bond acceptors (Lipinski definition) is 3. The van der Waals surface area contributed by atoms with Gasteiger partial charge in [0.2, 0.25) is 5.91 Å². The van der Waals surface area contributed by atoms with Crippen LogP contribution in [-0.4, -0.2) is 38.4 Å². The number of ether oxygens (including phenoxy) is 2. The smallest absolute Gasteiger partial charge is 0.226 e. The molecular formula is C16H27NO3. The molecule has 4 nitrogen and oxygen atoms in total. The van der Waals surface area contributed by atoms with Gasteiger partial charge >= 0.3 is 0 Å². The first-order chi connectivity index (χ1) is 9.51. The number of carbonyl (C=O) groups is 1. The third-order valence-corrected chi connectivity index (χ3v) is 5.96. The fourth-order valence-electron chi connectivity index (χ4n) is 4.40. The second-order valence-electron chi connectivity index (χ2n) is 7.39. The van der Waals surface area contributed by atoms with E-state index in [9.17, 15) is 4.79 Å². The number of fused-ring (bicyclic) bond motifs is 1. The van der Waals surface area contributed by atoms with Crippen molar-refractivity contribution in [1.29, 1.82) is 0 Å². The van der Waals surface area contributed by atoms with Crippen molar-refractivity contribution >= 4 is 5.91 Å². The number of amides is 1. The molecule has 114 valence electrons. The maximum absolute atomic E-state index is 12.7. The summed E-state index contributed by atoms with van der Waals surface area (Å²) in [6.45, 7) is 5.96. The normalized spacial score (nSPS) is 36.6.